The van der Waals surface area contributed by atoms with Crippen LogP contribution in [0.2, 0.25) is 0 Å². The summed E-state index contributed by atoms with van der Waals surface area (Å²) in [5.74, 6) is 1.14. The smallest absolute Gasteiger partial charge is 0.163 e. The highest BCUT2D eigenvalue weighted by molar-refractivity contribution is 5.99. The van der Waals surface area contributed by atoms with Gasteiger partial charge in [0.25, 0.3) is 0 Å². The SMILES string of the molecule is C=CCCCOc1cccc2c1CCCC2=O. The molecule has 0 aliphatic heterocycles. The van der Waals surface area contributed by atoms with Crippen LogP contribution in [0.3, 0.4) is 0 Å². The van der Waals surface area contributed by atoms with E-state index in [-0.39, 0.29) is 5.78 Å². The highest BCUT2D eigenvalue weighted by Crippen LogP contribution is 2.29. The van der Waals surface area contributed by atoms with Gasteiger partial charge in [0.15, 0.2) is 5.78 Å². The molecule has 1 aromatic carbocycles. The molecule has 0 fully saturated rings. The normalized spacial score (nSPS) is 14.2. The van der Waals surface area contributed by atoms with Crippen molar-refractivity contribution in [3.8, 4) is 5.75 Å². The molecule has 0 atom stereocenters. The Morgan fingerprint density at radius 2 is 2.24 bits per heavy atom. The minimum Gasteiger partial charge on any atom is -0.493 e. The largest absolute Gasteiger partial charge is 0.493 e. The van der Waals surface area contributed by atoms with Crippen LogP contribution in [0, 0.1) is 0 Å². The molecule has 0 radical (unpaired) electrons. The van der Waals surface area contributed by atoms with Crippen LogP contribution in [0.5, 0.6) is 5.75 Å². The first-order valence-electron chi connectivity index (χ1n) is 6.21. The number of unbranched alkanes of at least 4 members (excludes halogenated alkanes) is 1. The van der Waals surface area contributed by atoms with E-state index < -0.39 is 0 Å². The van der Waals surface area contributed by atoms with Crippen LogP contribution in [-0.2, 0) is 6.42 Å². The number of benzene rings is 1. The molecule has 17 heavy (non-hydrogen) atoms. The van der Waals surface area contributed by atoms with Gasteiger partial charge in [-0.3, -0.25) is 4.79 Å². The Morgan fingerprint density at radius 3 is 3.06 bits per heavy atom. The number of carbonyl (C=O) groups is 1. The summed E-state index contributed by atoms with van der Waals surface area (Å²) in [4.78, 5) is 11.7. The van der Waals surface area contributed by atoms with Crippen molar-refractivity contribution in [2.24, 2.45) is 0 Å². The van der Waals surface area contributed by atoms with Gasteiger partial charge < -0.3 is 4.74 Å². The topological polar surface area (TPSA) is 26.3 Å². The van der Waals surface area contributed by atoms with E-state index in [1.165, 1.54) is 0 Å². The van der Waals surface area contributed by atoms with Crippen LogP contribution >= 0.6 is 0 Å². The summed E-state index contributed by atoms with van der Waals surface area (Å²) in [6.45, 7) is 4.38. The Hall–Kier alpha value is -1.57. The van der Waals surface area contributed by atoms with Crippen molar-refractivity contribution in [1.29, 1.82) is 0 Å². The zero-order chi connectivity index (χ0) is 12.1. The van der Waals surface area contributed by atoms with E-state index >= 15 is 0 Å². The zero-order valence-corrected chi connectivity index (χ0v) is 10.1. The number of Topliss-reactive ketones (excluding diaryl/α,β-unsaturated/α-hetero) is 1. The molecule has 0 amide bonds. The fraction of sp³-hybridized carbons (Fsp3) is 0.400. The molecule has 0 saturated heterocycles. The van der Waals surface area contributed by atoms with Gasteiger partial charge in [-0.15, -0.1) is 6.58 Å². The van der Waals surface area contributed by atoms with Gasteiger partial charge in [0.05, 0.1) is 6.61 Å². The molecule has 1 aromatic rings. The van der Waals surface area contributed by atoms with Crippen molar-refractivity contribution >= 4 is 5.78 Å². The minimum atomic E-state index is 0.253. The van der Waals surface area contributed by atoms with Gasteiger partial charge in [-0.1, -0.05) is 18.2 Å². The fourth-order valence-corrected chi connectivity index (χ4v) is 2.19. The summed E-state index contributed by atoms with van der Waals surface area (Å²) in [6.07, 6.45) is 6.41. The average Bonchev–Trinajstić information content (AvgIpc) is 2.36. The number of rotatable bonds is 5. The number of allylic oxidation sites excluding steroid dienone is 1. The van der Waals surface area contributed by atoms with Gasteiger partial charge in [-0.05, 0) is 31.7 Å². The molecule has 1 aliphatic rings. The molecule has 0 aromatic heterocycles. The Morgan fingerprint density at radius 1 is 1.35 bits per heavy atom. The van der Waals surface area contributed by atoms with E-state index in [9.17, 15) is 4.79 Å². The maximum Gasteiger partial charge on any atom is 0.163 e. The summed E-state index contributed by atoms with van der Waals surface area (Å²) in [7, 11) is 0. The van der Waals surface area contributed by atoms with Gasteiger partial charge in [-0.2, -0.15) is 0 Å². The lowest BCUT2D eigenvalue weighted by atomic mass is 9.90. The van der Waals surface area contributed by atoms with Crippen molar-refractivity contribution < 1.29 is 9.53 Å². The molecule has 2 nitrogen and oxygen atoms in total. The summed E-state index contributed by atoms with van der Waals surface area (Å²) in [5.41, 5.74) is 1.96. The second-order valence-electron chi connectivity index (χ2n) is 4.34. The lowest BCUT2D eigenvalue weighted by Gasteiger charge is -2.18. The van der Waals surface area contributed by atoms with Gasteiger partial charge in [0.2, 0.25) is 0 Å². The molecular formula is C15H18O2. The molecule has 2 heteroatoms. The third-order valence-corrected chi connectivity index (χ3v) is 3.07. The van der Waals surface area contributed by atoms with E-state index in [1.807, 2.05) is 24.3 Å². The van der Waals surface area contributed by atoms with Gasteiger partial charge in [-0.25, -0.2) is 0 Å². The molecule has 0 unspecified atom stereocenters. The number of hydrogen-bond acceptors (Lipinski definition) is 2. The van der Waals surface area contributed by atoms with Crippen molar-refractivity contribution in [2.45, 2.75) is 32.1 Å². The molecule has 0 spiro atoms. The molecule has 0 saturated carbocycles. The van der Waals surface area contributed by atoms with E-state index in [0.29, 0.717) is 13.0 Å². The number of fused-ring (bicyclic) bond motifs is 1. The van der Waals surface area contributed by atoms with Crippen molar-refractivity contribution in [3.63, 3.8) is 0 Å². The summed E-state index contributed by atoms with van der Waals surface area (Å²) < 4.78 is 5.75. The van der Waals surface area contributed by atoms with Crippen molar-refractivity contribution in [1.82, 2.24) is 0 Å². The Balaban J connectivity index is 2.09. The quantitative estimate of drug-likeness (QED) is 0.571. The van der Waals surface area contributed by atoms with Gasteiger partial charge in [0, 0.05) is 17.5 Å². The lowest BCUT2D eigenvalue weighted by molar-refractivity contribution is 0.0971. The minimum absolute atomic E-state index is 0.253. The summed E-state index contributed by atoms with van der Waals surface area (Å²) in [5, 5.41) is 0. The Kier molecular flexibility index (Phi) is 3.97. The molecule has 0 N–H and O–H groups in total. The van der Waals surface area contributed by atoms with E-state index in [2.05, 4.69) is 6.58 Å². The maximum atomic E-state index is 11.7. The van der Waals surface area contributed by atoms with Crippen LogP contribution in [0.15, 0.2) is 30.9 Å². The van der Waals surface area contributed by atoms with E-state index in [1.54, 1.807) is 0 Å². The Labute approximate surface area is 102 Å². The van der Waals surface area contributed by atoms with Crippen LogP contribution in [0.25, 0.3) is 0 Å². The lowest BCUT2D eigenvalue weighted by Crippen LogP contribution is -2.12. The fourth-order valence-electron chi connectivity index (χ4n) is 2.19. The molecule has 0 heterocycles. The van der Waals surface area contributed by atoms with Crippen molar-refractivity contribution in [2.75, 3.05) is 6.61 Å². The second-order valence-corrected chi connectivity index (χ2v) is 4.34. The molecular weight excluding hydrogens is 212 g/mol. The van der Waals surface area contributed by atoms with Crippen molar-refractivity contribution in [3.05, 3.63) is 42.0 Å². The highest BCUT2D eigenvalue weighted by Gasteiger charge is 2.19. The number of hydrogen-bond donors (Lipinski definition) is 0. The van der Waals surface area contributed by atoms with E-state index in [0.717, 1.165) is 42.6 Å². The molecule has 90 valence electrons. The highest BCUT2D eigenvalue weighted by atomic mass is 16.5. The zero-order valence-electron chi connectivity index (χ0n) is 10.1. The second kappa shape index (κ2) is 5.67. The first-order chi connectivity index (χ1) is 8.33. The Bertz CT molecular complexity index is 421. The standard InChI is InChI=1S/C15H18O2/c1-2-3-4-11-17-15-10-6-7-12-13(15)8-5-9-14(12)16/h2,6-7,10H,1,3-5,8-9,11H2. The monoisotopic (exact) mass is 230 g/mol. The average molecular weight is 230 g/mol. The van der Waals surface area contributed by atoms with Gasteiger partial charge in [0.1, 0.15) is 5.75 Å². The molecule has 0 bridgehead atoms. The van der Waals surface area contributed by atoms with Crippen LogP contribution in [0.4, 0.5) is 0 Å². The third-order valence-electron chi connectivity index (χ3n) is 3.07. The predicted molar refractivity (Wildman–Crippen MR) is 68.6 cm³/mol. The van der Waals surface area contributed by atoms with Crippen LogP contribution in [0.1, 0.15) is 41.6 Å². The number of ether oxygens (including phenoxy) is 1. The summed E-state index contributed by atoms with van der Waals surface area (Å²) >= 11 is 0. The van der Waals surface area contributed by atoms with E-state index in [4.69, 9.17) is 4.74 Å². The first-order valence-corrected chi connectivity index (χ1v) is 6.21. The predicted octanol–water partition coefficient (Wildman–Crippen LogP) is 3.55. The molecule has 1 aliphatic carbocycles. The number of ketones is 1. The van der Waals surface area contributed by atoms with Gasteiger partial charge >= 0.3 is 0 Å². The summed E-state index contributed by atoms with van der Waals surface area (Å²) in [6, 6.07) is 5.78. The third kappa shape index (κ3) is 2.76. The molecule has 2 rings (SSSR count). The first kappa shape index (κ1) is 11.9. The van der Waals surface area contributed by atoms with Crippen LogP contribution < -0.4 is 4.74 Å². The maximum absolute atomic E-state index is 11.7. The number of carbonyl (C=O) groups excluding carboxylic acids is 1. The van der Waals surface area contributed by atoms with Crippen LogP contribution in [-0.4, -0.2) is 12.4 Å².